The molecule has 3 rings (SSSR count). The van der Waals surface area contributed by atoms with Crippen molar-refractivity contribution in [3.63, 3.8) is 0 Å². The molecule has 1 saturated heterocycles. The standard InChI is InChI=1S/C18H20Cl3NO2/c1-12-17(10-4-3-5-15(17)19)18(20,21)16(23)22(12)11-13-6-8-14(24-2)9-7-13/h6-9,15H,1,3-5,10-11H2,2H3/t15-,17+/m0/s1. The summed E-state index contributed by atoms with van der Waals surface area (Å²) in [6, 6.07) is 7.53. The Labute approximate surface area is 157 Å². The smallest absolute Gasteiger partial charge is 0.264 e. The third-order valence-corrected chi connectivity index (χ3v) is 6.82. The van der Waals surface area contributed by atoms with Crippen molar-refractivity contribution in [2.45, 2.75) is 41.9 Å². The summed E-state index contributed by atoms with van der Waals surface area (Å²) in [6.45, 7) is 4.54. The van der Waals surface area contributed by atoms with Crippen molar-refractivity contribution in [1.29, 1.82) is 0 Å². The number of carbonyl (C=O) groups is 1. The molecule has 2 fully saturated rings. The average Bonchev–Trinajstić information content (AvgIpc) is 2.71. The molecule has 6 heteroatoms. The highest BCUT2D eigenvalue weighted by Gasteiger charge is 2.67. The zero-order valence-electron chi connectivity index (χ0n) is 13.5. The molecule has 2 aliphatic rings. The number of allylic oxidation sites excluding steroid dienone is 1. The van der Waals surface area contributed by atoms with Crippen LogP contribution < -0.4 is 4.74 Å². The molecule has 1 heterocycles. The predicted octanol–water partition coefficient (Wildman–Crippen LogP) is 4.89. The number of hydrogen-bond acceptors (Lipinski definition) is 2. The number of rotatable bonds is 3. The van der Waals surface area contributed by atoms with Crippen molar-refractivity contribution < 1.29 is 9.53 Å². The fourth-order valence-electron chi connectivity index (χ4n) is 3.79. The topological polar surface area (TPSA) is 29.5 Å². The SMILES string of the molecule is C=C1N(Cc2ccc(OC)cc2)C(=O)C(Cl)(Cl)[C@]12CCCC[C@@H]2Cl. The second kappa shape index (κ2) is 6.44. The van der Waals surface area contributed by atoms with Crippen LogP contribution in [0.5, 0.6) is 5.75 Å². The molecule has 130 valence electrons. The lowest BCUT2D eigenvalue weighted by Gasteiger charge is -2.43. The Kier molecular flexibility index (Phi) is 4.80. The van der Waals surface area contributed by atoms with Crippen LogP contribution in [0.25, 0.3) is 0 Å². The molecule has 0 radical (unpaired) electrons. The van der Waals surface area contributed by atoms with Gasteiger partial charge in [0.05, 0.1) is 19.1 Å². The van der Waals surface area contributed by atoms with Gasteiger partial charge in [0.25, 0.3) is 5.91 Å². The molecule has 1 amide bonds. The van der Waals surface area contributed by atoms with E-state index in [2.05, 4.69) is 6.58 Å². The molecule has 1 aromatic carbocycles. The Morgan fingerprint density at radius 3 is 2.54 bits per heavy atom. The van der Waals surface area contributed by atoms with E-state index >= 15 is 0 Å². The Morgan fingerprint density at radius 1 is 1.29 bits per heavy atom. The number of hydrogen-bond donors (Lipinski definition) is 0. The third kappa shape index (κ3) is 2.53. The van der Waals surface area contributed by atoms with Gasteiger partial charge in [0.15, 0.2) is 0 Å². The van der Waals surface area contributed by atoms with Gasteiger partial charge in [-0.1, -0.05) is 54.8 Å². The first-order chi connectivity index (χ1) is 11.3. The normalized spacial score (nSPS) is 29.3. The van der Waals surface area contributed by atoms with E-state index in [0.29, 0.717) is 18.7 Å². The number of amides is 1. The Balaban J connectivity index is 1.92. The largest absolute Gasteiger partial charge is 0.497 e. The number of nitrogens with zero attached hydrogens (tertiary/aromatic N) is 1. The molecule has 0 aromatic heterocycles. The van der Waals surface area contributed by atoms with Crippen LogP contribution in [0.1, 0.15) is 31.2 Å². The fourth-order valence-corrected chi connectivity index (χ4v) is 5.33. The highest BCUT2D eigenvalue weighted by molar-refractivity contribution is 6.60. The van der Waals surface area contributed by atoms with E-state index in [0.717, 1.165) is 30.6 Å². The van der Waals surface area contributed by atoms with Gasteiger partial charge in [-0.05, 0) is 30.5 Å². The molecule has 2 atom stereocenters. The van der Waals surface area contributed by atoms with E-state index in [9.17, 15) is 4.79 Å². The maximum atomic E-state index is 12.9. The quantitative estimate of drug-likeness (QED) is 0.690. The van der Waals surface area contributed by atoms with E-state index in [1.54, 1.807) is 12.0 Å². The summed E-state index contributed by atoms with van der Waals surface area (Å²) in [5.74, 6) is 0.429. The van der Waals surface area contributed by atoms with Crippen LogP contribution in [-0.2, 0) is 11.3 Å². The minimum atomic E-state index is -1.57. The van der Waals surface area contributed by atoms with Crippen molar-refractivity contribution in [3.8, 4) is 5.75 Å². The van der Waals surface area contributed by atoms with E-state index in [4.69, 9.17) is 39.5 Å². The number of carbonyl (C=O) groups excluding carboxylic acids is 1. The molecule has 0 bridgehead atoms. The highest BCUT2D eigenvalue weighted by Crippen LogP contribution is 2.62. The van der Waals surface area contributed by atoms with Gasteiger partial charge in [0.1, 0.15) is 5.75 Å². The molecule has 0 N–H and O–H groups in total. The Hall–Kier alpha value is -0.900. The summed E-state index contributed by atoms with van der Waals surface area (Å²) >= 11 is 19.7. The van der Waals surface area contributed by atoms with Gasteiger partial charge in [-0.25, -0.2) is 0 Å². The summed E-state index contributed by atoms with van der Waals surface area (Å²) in [6.07, 6.45) is 3.41. The number of benzene rings is 1. The predicted molar refractivity (Wildman–Crippen MR) is 97.7 cm³/mol. The minimum Gasteiger partial charge on any atom is -0.497 e. The van der Waals surface area contributed by atoms with Gasteiger partial charge in [-0.3, -0.25) is 4.79 Å². The van der Waals surface area contributed by atoms with Crippen molar-refractivity contribution in [2.24, 2.45) is 5.41 Å². The monoisotopic (exact) mass is 387 g/mol. The third-order valence-electron chi connectivity index (χ3n) is 5.23. The van der Waals surface area contributed by atoms with Gasteiger partial charge in [-0.15, -0.1) is 11.6 Å². The van der Waals surface area contributed by atoms with Gasteiger partial charge < -0.3 is 9.64 Å². The maximum absolute atomic E-state index is 12.9. The lowest BCUT2D eigenvalue weighted by Crippen LogP contribution is -2.47. The van der Waals surface area contributed by atoms with E-state index < -0.39 is 9.75 Å². The van der Waals surface area contributed by atoms with Crippen LogP contribution in [0.4, 0.5) is 0 Å². The summed E-state index contributed by atoms with van der Waals surface area (Å²) in [5, 5.41) is -0.293. The van der Waals surface area contributed by atoms with Crippen molar-refractivity contribution >= 4 is 40.7 Å². The average molecular weight is 389 g/mol. The zero-order valence-corrected chi connectivity index (χ0v) is 15.8. The molecular formula is C18H20Cl3NO2. The van der Waals surface area contributed by atoms with Gasteiger partial charge in [0.2, 0.25) is 4.33 Å². The first-order valence-electron chi connectivity index (χ1n) is 8.01. The summed E-state index contributed by atoms with van der Waals surface area (Å²) in [5.41, 5.74) is 0.792. The number of likely N-dealkylation sites (tertiary alicyclic amines) is 1. The second-order valence-electron chi connectivity index (χ2n) is 6.45. The summed E-state index contributed by atoms with van der Waals surface area (Å²) in [7, 11) is 1.61. The lowest BCUT2D eigenvalue weighted by molar-refractivity contribution is -0.128. The first-order valence-corrected chi connectivity index (χ1v) is 9.20. The highest BCUT2D eigenvalue weighted by atomic mass is 35.5. The molecule has 24 heavy (non-hydrogen) atoms. The number of alkyl halides is 3. The van der Waals surface area contributed by atoms with Crippen LogP contribution in [0.3, 0.4) is 0 Å². The summed E-state index contributed by atoms with van der Waals surface area (Å²) in [4.78, 5) is 14.5. The minimum absolute atomic E-state index is 0.293. The molecule has 1 aliphatic carbocycles. The Bertz CT molecular complexity index is 659. The lowest BCUT2D eigenvalue weighted by atomic mass is 9.70. The van der Waals surface area contributed by atoms with E-state index in [1.807, 2.05) is 24.3 Å². The first kappa shape index (κ1) is 17.9. The molecule has 1 aliphatic heterocycles. The van der Waals surface area contributed by atoms with E-state index in [1.165, 1.54) is 0 Å². The summed E-state index contributed by atoms with van der Waals surface area (Å²) < 4.78 is 3.59. The number of methoxy groups -OCH3 is 1. The van der Waals surface area contributed by atoms with Gasteiger partial charge >= 0.3 is 0 Å². The number of ether oxygens (including phenoxy) is 1. The van der Waals surface area contributed by atoms with Crippen LogP contribution in [0.2, 0.25) is 0 Å². The zero-order chi connectivity index (χ0) is 17.5. The molecule has 1 aromatic rings. The van der Waals surface area contributed by atoms with Crippen molar-refractivity contribution in [3.05, 3.63) is 42.1 Å². The molecule has 3 nitrogen and oxygen atoms in total. The van der Waals surface area contributed by atoms with Gasteiger partial charge in [0, 0.05) is 11.1 Å². The fraction of sp³-hybridized carbons (Fsp3) is 0.500. The number of halogens is 3. The molecule has 1 saturated carbocycles. The van der Waals surface area contributed by atoms with Crippen LogP contribution in [0.15, 0.2) is 36.5 Å². The molecule has 0 unspecified atom stereocenters. The molecular weight excluding hydrogens is 369 g/mol. The Morgan fingerprint density at radius 2 is 1.96 bits per heavy atom. The van der Waals surface area contributed by atoms with E-state index in [-0.39, 0.29) is 11.3 Å². The van der Waals surface area contributed by atoms with Crippen LogP contribution >= 0.6 is 34.8 Å². The maximum Gasteiger partial charge on any atom is 0.264 e. The van der Waals surface area contributed by atoms with Gasteiger partial charge in [-0.2, -0.15) is 0 Å². The van der Waals surface area contributed by atoms with Crippen LogP contribution in [0, 0.1) is 5.41 Å². The molecule has 1 spiro atoms. The van der Waals surface area contributed by atoms with Crippen molar-refractivity contribution in [2.75, 3.05) is 7.11 Å². The second-order valence-corrected chi connectivity index (χ2v) is 8.30. The van der Waals surface area contributed by atoms with Crippen LogP contribution in [-0.4, -0.2) is 27.6 Å². The van der Waals surface area contributed by atoms with Crippen molar-refractivity contribution in [1.82, 2.24) is 4.90 Å².